The van der Waals surface area contributed by atoms with Crippen LogP contribution in [-0.4, -0.2) is 12.9 Å². The minimum atomic E-state index is 0.113. The second kappa shape index (κ2) is 5.14. The topological polar surface area (TPSA) is 53.1 Å². The van der Waals surface area contributed by atoms with E-state index in [2.05, 4.69) is 42.2 Å². The number of nitrogens with one attached hydrogen (secondary N) is 1. The summed E-state index contributed by atoms with van der Waals surface area (Å²) in [6, 6.07) is 14.3. The van der Waals surface area contributed by atoms with Gasteiger partial charge in [-0.1, -0.05) is 12.1 Å². The summed E-state index contributed by atoms with van der Waals surface area (Å²) in [5, 5.41) is 7.51. The summed E-state index contributed by atoms with van der Waals surface area (Å²) in [5.41, 5.74) is 10.8. The third-order valence-electron chi connectivity index (χ3n) is 3.28. The first kappa shape index (κ1) is 13.1. The van der Waals surface area contributed by atoms with E-state index in [-0.39, 0.29) is 5.84 Å². The van der Waals surface area contributed by atoms with Crippen LogP contribution in [0.2, 0.25) is 0 Å². The van der Waals surface area contributed by atoms with Crippen molar-refractivity contribution in [3.05, 3.63) is 59.2 Å². The van der Waals surface area contributed by atoms with Gasteiger partial charge in [0.1, 0.15) is 5.84 Å². The molecule has 3 heteroatoms. The number of rotatable bonds is 3. The summed E-state index contributed by atoms with van der Waals surface area (Å²) < 4.78 is 0. The van der Waals surface area contributed by atoms with E-state index in [1.165, 1.54) is 5.56 Å². The van der Waals surface area contributed by atoms with Crippen molar-refractivity contribution in [2.75, 3.05) is 11.9 Å². The molecular formula is C16H19N3. The molecule has 0 radical (unpaired) electrons. The summed E-state index contributed by atoms with van der Waals surface area (Å²) >= 11 is 0. The first-order valence-electron chi connectivity index (χ1n) is 6.24. The van der Waals surface area contributed by atoms with Gasteiger partial charge >= 0.3 is 0 Å². The van der Waals surface area contributed by atoms with E-state index in [1.54, 1.807) is 0 Å². The van der Waals surface area contributed by atoms with Crippen LogP contribution >= 0.6 is 0 Å². The van der Waals surface area contributed by atoms with Gasteiger partial charge in [-0.3, -0.25) is 5.41 Å². The van der Waals surface area contributed by atoms with Crippen LogP contribution in [0.1, 0.15) is 16.7 Å². The maximum absolute atomic E-state index is 7.51. The van der Waals surface area contributed by atoms with E-state index in [0.29, 0.717) is 0 Å². The maximum atomic E-state index is 7.51. The fourth-order valence-electron chi connectivity index (χ4n) is 2.14. The molecule has 98 valence electrons. The zero-order valence-electron chi connectivity index (χ0n) is 11.6. The second-order valence-electron chi connectivity index (χ2n) is 4.81. The number of benzene rings is 2. The molecule has 0 aliphatic rings. The average molecular weight is 253 g/mol. The highest BCUT2D eigenvalue weighted by Crippen LogP contribution is 2.26. The minimum absolute atomic E-state index is 0.113. The number of anilines is 2. The number of nitrogens with two attached hydrogens (primary N) is 1. The molecule has 3 N–H and O–H groups in total. The van der Waals surface area contributed by atoms with Crippen LogP contribution in [0.3, 0.4) is 0 Å². The lowest BCUT2D eigenvalue weighted by Crippen LogP contribution is -2.14. The van der Waals surface area contributed by atoms with E-state index in [4.69, 9.17) is 11.1 Å². The fourth-order valence-corrected chi connectivity index (χ4v) is 2.14. The molecule has 0 bridgehead atoms. The number of nitrogens with zero attached hydrogens (tertiary/aromatic N) is 1. The summed E-state index contributed by atoms with van der Waals surface area (Å²) in [6.45, 7) is 4.06. The van der Waals surface area contributed by atoms with Crippen molar-refractivity contribution in [3.63, 3.8) is 0 Å². The highest BCUT2D eigenvalue weighted by molar-refractivity contribution is 5.96. The Morgan fingerprint density at radius 3 is 2.32 bits per heavy atom. The van der Waals surface area contributed by atoms with E-state index in [0.717, 1.165) is 22.5 Å². The molecule has 3 nitrogen and oxygen atoms in total. The van der Waals surface area contributed by atoms with Gasteiger partial charge in [-0.2, -0.15) is 0 Å². The molecule has 0 aliphatic carbocycles. The molecule has 0 saturated heterocycles. The van der Waals surface area contributed by atoms with Crippen molar-refractivity contribution in [2.24, 2.45) is 5.73 Å². The molecular weight excluding hydrogens is 234 g/mol. The number of aryl methyl sites for hydroxylation is 2. The van der Waals surface area contributed by atoms with Gasteiger partial charge in [0.05, 0.1) is 0 Å². The lowest BCUT2D eigenvalue weighted by Gasteiger charge is -2.21. The Labute approximate surface area is 114 Å². The smallest absolute Gasteiger partial charge is 0.123 e. The molecule has 0 amide bonds. The van der Waals surface area contributed by atoms with Crippen LogP contribution in [0.25, 0.3) is 0 Å². The summed E-state index contributed by atoms with van der Waals surface area (Å²) in [6.07, 6.45) is 0. The van der Waals surface area contributed by atoms with Gasteiger partial charge in [0.25, 0.3) is 0 Å². The molecule has 0 fully saturated rings. The molecule has 2 rings (SSSR count). The SMILES string of the molecule is Cc1cccc(N(C)c2ccc(C(=N)N)c(C)c2)c1. The number of hydrogen-bond donors (Lipinski definition) is 2. The van der Waals surface area contributed by atoms with Crippen molar-refractivity contribution in [2.45, 2.75) is 13.8 Å². The zero-order chi connectivity index (χ0) is 14.0. The fraction of sp³-hybridized carbons (Fsp3) is 0.188. The average Bonchev–Trinajstić information content (AvgIpc) is 2.37. The van der Waals surface area contributed by atoms with E-state index in [1.807, 2.05) is 26.1 Å². The van der Waals surface area contributed by atoms with E-state index < -0.39 is 0 Å². The standard InChI is InChI=1S/C16H19N3/c1-11-5-4-6-13(9-11)19(3)14-7-8-15(16(17)18)12(2)10-14/h4-10H,1-3H3,(H3,17,18). The Kier molecular flexibility index (Phi) is 3.56. The van der Waals surface area contributed by atoms with Gasteiger partial charge in [0.2, 0.25) is 0 Å². The number of hydrogen-bond acceptors (Lipinski definition) is 2. The van der Waals surface area contributed by atoms with E-state index >= 15 is 0 Å². The second-order valence-corrected chi connectivity index (χ2v) is 4.81. The van der Waals surface area contributed by atoms with Gasteiger partial charge in [-0.15, -0.1) is 0 Å². The Morgan fingerprint density at radius 2 is 1.74 bits per heavy atom. The van der Waals surface area contributed by atoms with Gasteiger partial charge in [-0.25, -0.2) is 0 Å². The van der Waals surface area contributed by atoms with Gasteiger partial charge in [-0.05, 0) is 55.3 Å². The van der Waals surface area contributed by atoms with Crippen molar-refractivity contribution < 1.29 is 0 Å². The van der Waals surface area contributed by atoms with Crippen LogP contribution in [0.15, 0.2) is 42.5 Å². The van der Waals surface area contributed by atoms with Gasteiger partial charge in [0.15, 0.2) is 0 Å². The molecule has 0 heterocycles. The Hall–Kier alpha value is -2.29. The molecule has 0 aliphatic heterocycles. The maximum Gasteiger partial charge on any atom is 0.123 e. The molecule has 2 aromatic carbocycles. The normalized spacial score (nSPS) is 10.3. The van der Waals surface area contributed by atoms with Crippen LogP contribution in [0.5, 0.6) is 0 Å². The van der Waals surface area contributed by atoms with Crippen LogP contribution in [-0.2, 0) is 0 Å². The quantitative estimate of drug-likeness (QED) is 0.651. The molecule has 0 saturated carbocycles. The molecule has 0 unspecified atom stereocenters. The predicted octanol–water partition coefficient (Wildman–Crippen LogP) is 3.36. The third-order valence-corrected chi connectivity index (χ3v) is 3.28. The molecule has 0 atom stereocenters. The first-order valence-corrected chi connectivity index (χ1v) is 6.24. The minimum Gasteiger partial charge on any atom is -0.384 e. The monoisotopic (exact) mass is 253 g/mol. The Morgan fingerprint density at radius 1 is 1.05 bits per heavy atom. The lowest BCUT2D eigenvalue weighted by atomic mass is 10.1. The highest BCUT2D eigenvalue weighted by Gasteiger charge is 2.07. The highest BCUT2D eigenvalue weighted by atomic mass is 15.1. The zero-order valence-corrected chi connectivity index (χ0v) is 11.6. The van der Waals surface area contributed by atoms with Gasteiger partial charge < -0.3 is 10.6 Å². The Bertz CT molecular complexity index is 617. The summed E-state index contributed by atoms with van der Waals surface area (Å²) in [5.74, 6) is 0.113. The summed E-state index contributed by atoms with van der Waals surface area (Å²) in [7, 11) is 2.04. The Balaban J connectivity index is 2.37. The first-order chi connectivity index (χ1) is 8.99. The van der Waals surface area contributed by atoms with Crippen molar-refractivity contribution in [1.82, 2.24) is 0 Å². The summed E-state index contributed by atoms with van der Waals surface area (Å²) in [4.78, 5) is 2.13. The molecule has 0 aromatic heterocycles. The lowest BCUT2D eigenvalue weighted by molar-refractivity contribution is 1.19. The van der Waals surface area contributed by atoms with Gasteiger partial charge in [0, 0.05) is 24.0 Å². The molecule has 2 aromatic rings. The largest absolute Gasteiger partial charge is 0.384 e. The van der Waals surface area contributed by atoms with Crippen LogP contribution in [0.4, 0.5) is 11.4 Å². The molecule has 19 heavy (non-hydrogen) atoms. The van der Waals surface area contributed by atoms with Crippen molar-refractivity contribution in [3.8, 4) is 0 Å². The predicted molar refractivity (Wildman–Crippen MR) is 81.4 cm³/mol. The van der Waals surface area contributed by atoms with Crippen molar-refractivity contribution >= 4 is 17.2 Å². The number of nitrogen functional groups attached to an aromatic ring is 1. The van der Waals surface area contributed by atoms with Crippen molar-refractivity contribution in [1.29, 1.82) is 5.41 Å². The van der Waals surface area contributed by atoms with Crippen LogP contribution < -0.4 is 10.6 Å². The molecule has 0 spiro atoms. The third kappa shape index (κ3) is 2.76. The van der Waals surface area contributed by atoms with Crippen LogP contribution in [0, 0.1) is 19.3 Å². The van der Waals surface area contributed by atoms with E-state index in [9.17, 15) is 0 Å². The number of amidine groups is 1.